The van der Waals surface area contributed by atoms with Gasteiger partial charge in [0.05, 0.1) is 17.6 Å². The van der Waals surface area contributed by atoms with E-state index < -0.39 is 0 Å². The first-order chi connectivity index (χ1) is 9.10. The van der Waals surface area contributed by atoms with E-state index >= 15 is 0 Å². The van der Waals surface area contributed by atoms with E-state index in [1.807, 2.05) is 0 Å². The van der Waals surface area contributed by atoms with Gasteiger partial charge in [-0.2, -0.15) is 0 Å². The molecule has 0 spiro atoms. The zero-order valence-electron chi connectivity index (χ0n) is 11.6. The average Bonchev–Trinajstić information content (AvgIpc) is 2.40. The van der Waals surface area contributed by atoms with Gasteiger partial charge in [-0.25, -0.2) is 0 Å². The fourth-order valence-electron chi connectivity index (χ4n) is 1.56. The third kappa shape index (κ3) is 4.50. The second kappa shape index (κ2) is 7.71. The van der Waals surface area contributed by atoms with E-state index in [4.69, 9.17) is 14.3 Å². The van der Waals surface area contributed by atoms with Crippen LogP contribution in [0, 0.1) is 5.92 Å². The third-order valence-electron chi connectivity index (χ3n) is 2.42. The topological polar surface area (TPSA) is 59.7 Å². The van der Waals surface area contributed by atoms with Crippen LogP contribution in [-0.2, 0) is 11.3 Å². The van der Waals surface area contributed by atoms with Crippen molar-refractivity contribution in [3.05, 3.63) is 46.3 Å². The molecule has 1 heterocycles. The van der Waals surface area contributed by atoms with Gasteiger partial charge in [-0.1, -0.05) is 26.0 Å². The Bertz CT molecular complexity index is 557. The molecular formula is C15H20O4. The predicted octanol–water partition coefficient (Wildman–Crippen LogP) is 2.57. The minimum atomic E-state index is -0.285. The Hall–Kier alpha value is -1.65. The largest absolute Gasteiger partial charge is 0.464 e. The quantitative estimate of drug-likeness (QED) is 0.925. The van der Waals surface area contributed by atoms with Crippen LogP contribution in [0.4, 0.5) is 0 Å². The van der Waals surface area contributed by atoms with Crippen LogP contribution in [0.1, 0.15) is 19.4 Å². The number of aliphatic hydroxyl groups is 1. The molecule has 0 bridgehead atoms. The summed E-state index contributed by atoms with van der Waals surface area (Å²) in [5, 5.41) is 9.33. The van der Waals surface area contributed by atoms with Gasteiger partial charge in [0.15, 0.2) is 5.43 Å². The van der Waals surface area contributed by atoms with E-state index in [9.17, 15) is 4.79 Å². The smallest absolute Gasteiger partial charge is 0.198 e. The maximum atomic E-state index is 11.5. The number of para-hydroxylation sites is 1. The molecule has 104 valence electrons. The molecule has 4 nitrogen and oxygen atoms in total. The van der Waals surface area contributed by atoms with Crippen LogP contribution < -0.4 is 5.43 Å². The Morgan fingerprint density at radius 2 is 2.00 bits per heavy atom. The highest BCUT2D eigenvalue weighted by molar-refractivity contribution is 5.76. The Morgan fingerprint density at radius 1 is 1.32 bits per heavy atom. The van der Waals surface area contributed by atoms with E-state index in [1.54, 1.807) is 31.4 Å². The first-order valence-corrected chi connectivity index (χ1v) is 6.19. The van der Waals surface area contributed by atoms with Gasteiger partial charge in [-0.3, -0.25) is 4.79 Å². The van der Waals surface area contributed by atoms with E-state index in [2.05, 4.69) is 13.8 Å². The molecule has 0 aliphatic heterocycles. The number of rotatable bonds is 3. The molecule has 4 heteroatoms. The SMILES string of the molecule is COCC(C)C.O=c1c(CO)coc2ccccc12. The van der Waals surface area contributed by atoms with Crippen LogP contribution >= 0.6 is 0 Å². The van der Waals surface area contributed by atoms with Crippen molar-refractivity contribution in [1.82, 2.24) is 0 Å². The molecule has 0 radical (unpaired) electrons. The summed E-state index contributed by atoms with van der Waals surface area (Å²) in [6.45, 7) is 4.85. The summed E-state index contributed by atoms with van der Waals surface area (Å²) in [6, 6.07) is 6.96. The normalized spacial score (nSPS) is 10.4. The highest BCUT2D eigenvalue weighted by atomic mass is 16.5. The number of ether oxygens (including phenoxy) is 1. The molecule has 0 unspecified atom stereocenters. The van der Waals surface area contributed by atoms with Gasteiger partial charge < -0.3 is 14.3 Å². The standard InChI is InChI=1S/C10H8O3.C5H12O/c11-5-7-6-13-9-4-2-1-3-8(9)10(7)12;1-5(2)4-6-3/h1-4,6,11H,5H2;5H,4H2,1-3H3. The van der Waals surface area contributed by atoms with E-state index in [0.717, 1.165) is 6.61 Å². The maximum Gasteiger partial charge on any atom is 0.198 e. The Morgan fingerprint density at radius 3 is 2.53 bits per heavy atom. The molecule has 1 N–H and O–H groups in total. The summed E-state index contributed by atoms with van der Waals surface area (Å²) in [5.41, 5.74) is 0.674. The number of hydrogen-bond acceptors (Lipinski definition) is 4. The molecule has 0 aliphatic rings. The van der Waals surface area contributed by atoms with Crippen LogP contribution in [0.2, 0.25) is 0 Å². The fraction of sp³-hybridized carbons (Fsp3) is 0.400. The monoisotopic (exact) mass is 264 g/mol. The molecule has 0 aliphatic carbocycles. The van der Waals surface area contributed by atoms with Gasteiger partial charge in [-0.15, -0.1) is 0 Å². The molecule has 1 aromatic heterocycles. The van der Waals surface area contributed by atoms with Gasteiger partial charge in [0.25, 0.3) is 0 Å². The minimum absolute atomic E-state index is 0.163. The highest BCUT2D eigenvalue weighted by Gasteiger charge is 2.03. The summed E-state index contributed by atoms with van der Waals surface area (Å²) >= 11 is 0. The first kappa shape index (κ1) is 15.4. The maximum absolute atomic E-state index is 11.5. The van der Waals surface area contributed by atoms with E-state index in [-0.39, 0.29) is 12.0 Å². The second-order valence-electron chi connectivity index (χ2n) is 4.59. The Balaban J connectivity index is 0.000000258. The number of benzene rings is 1. The lowest BCUT2D eigenvalue weighted by Gasteiger charge is -1.97. The zero-order chi connectivity index (χ0) is 14.3. The van der Waals surface area contributed by atoms with Crippen molar-refractivity contribution < 1.29 is 14.3 Å². The van der Waals surface area contributed by atoms with Crippen molar-refractivity contribution in [1.29, 1.82) is 0 Å². The molecule has 19 heavy (non-hydrogen) atoms. The average molecular weight is 264 g/mol. The lowest BCUT2D eigenvalue weighted by Crippen LogP contribution is -2.07. The van der Waals surface area contributed by atoms with E-state index in [1.165, 1.54) is 6.26 Å². The van der Waals surface area contributed by atoms with Crippen LogP contribution in [0.5, 0.6) is 0 Å². The first-order valence-electron chi connectivity index (χ1n) is 6.19. The van der Waals surface area contributed by atoms with Gasteiger partial charge in [0.2, 0.25) is 0 Å². The van der Waals surface area contributed by atoms with Crippen LogP contribution in [-0.4, -0.2) is 18.8 Å². The summed E-state index contributed by atoms with van der Waals surface area (Å²) in [4.78, 5) is 11.5. The van der Waals surface area contributed by atoms with Gasteiger partial charge in [0.1, 0.15) is 11.8 Å². The predicted molar refractivity (Wildman–Crippen MR) is 75.1 cm³/mol. The fourth-order valence-corrected chi connectivity index (χ4v) is 1.56. The van der Waals surface area contributed by atoms with Gasteiger partial charge >= 0.3 is 0 Å². The summed E-state index contributed by atoms with van der Waals surface area (Å²) in [6.07, 6.45) is 1.30. The number of fused-ring (bicyclic) bond motifs is 1. The number of hydrogen-bond donors (Lipinski definition) is 1. The summed E-state index contributed by atoms with van der Waals surface area (Å²) in [5.74, 6) is 0.676. The molecule has 0 amide bonds. The van der Waals surface area contributed by atoms with Crippen molar-refractivity contribution in [2.45, 2.75) is 20.5 Å². The molecule has 0 saturated heterocycles. The summed E-state index contributed by atoms with van der Waals surface area (Å²) < 4.78 is 9.96. The second-order valence-corrected chi connectivity index (χ2v) is 4.59. The van der Waals surface area contributed by atoms with Crippen molar-refractivity contribution >= 4 is 11.0 Å². The lowest BCUT2D eigenvalue weighted by atomic mass is 10.2. The third-order valence-corrected chi connectivity index (χ3v) is 2.42. The minimum Gasteiger partial charge on any atom is -0.464 e. The van der Waals surface area contributed by atoms with E-state index in [0.29, 0.717) is 22.5 Å². The van der Waals surface area contributed by atoms with Crippen LogP contribution in [0.3, 0.4) is 0 Å². The molecule has 1 aromatic carbocycles. The van der Waals surface area contributed by atoms with Gasteiger partial charge in [0, 0.05) is 13.7 Å². The lowest BCUT2D eigenvalue weighted by molar-refractivity contribution is 0.167. The molecular weight excluding hydrogens is 244 g/mol. The number of aliphatic hydroxyl groups excluding tert-OH is 1. The zero-order valence-corrected chi connectivity index (χ0v) is 11.6. The molecule has 2 rings (SSSR count). The molecule has 2 aromatic rings. The molecule has 0 atom stereocenters. The highest BCUT2D eigenvalue weighted by Crippen LogP contribution is 2.09. The number of methoxy groups -OCH3 is 1. The summed E-state index contributed by atoms with van der Waals surface area (Å²) in [7, 11) is 1.72. The molecule has 0 fully saturated rings. The molecule has 0 saturated carbocycles. The van der Waals surface area contributed by atoms with Crippen molar-refractivity contribution in [2.24, 2.45) is 5.92 Å². The van der Waals surface area contributed by atoms with Crippen molar-refractivity contribution in [2.75, 3.05) is 13.7 Å². The van der Waals surface area contributed by atoms with Crippen molar-refractivity contribution in [3.63, 3.8) is 0 Å². The van der Waals surface area contributed by atoms with Gasteiger partial charge in [-0.05, 0) is 18.1 Å². The van der Waals surface area contributed by atoms with Crippen LogP contribution in [0.15, 0.2) is 39.7 Å². The Labute approximate surface area is 112 Å². The van der Waals surface area contributed by atoms with Crippen molar-refractivity contribution in [3.8, 4) is 0 Å². The Kier molecular flexibility index (Phi) is 6.25. The van der Waals surface area contributed by atoms with Crippen LogP contribution in [0.25, 0.3) is 11.0 Å².